The van der Waals surface area contributed by atoms with Crippen molar-refractivity contribution in [3.05, 3.63) is 57.9 Å². The molecule has 2 rings (SSSR count). The number of aliphatic hydroxyl groups is 1. The quantitative estimate of drug-likeness (QED) is 0.550. The van der Waals surface area contributed by atoms with Crippen LogP contribution in [0.1, 0.15) is 69.2 Å². The molecule has 2 aromatic carbocycles. The van der Waals surface area contributed by atoms with Crippen molar-refractivity contribution < 1.29 is 22.7 Å². The van der Waals surface area contributed by atoms with Crippen molar-refractivity contribution in [2.45, 2.75) is 57.5 Å². The van der Waals surface area contributed by atoms with Gasteiger partial charge in [-0.25, -0.2) is 22.3 Å². The first-order valence-corrected chi connectivity index (χ1v) is 11.3. The minimum Gasteiger partial charge on any atom is -0.389 e. The highest BCUT2D eigenvalue weighted by atomic mass is 35.5. The van der Waals surface area contributed by atoms with Crippen LogP contribution in [0, 0.1) is 5.82 Å². The summed E-state index contributed by atoms with van der Waals surface area (Å²) in [7, 11) is -4.29. The van der Waals surface area contributed by atoms with E-state index in [0.29, 0.717) is 10.7 Å². The van der Waals surface area contributed by atoms with Gasteiger partial charge in [0.2, 0.25) is 0 Å². The van der Waals surface area contributed by atoms with E-state index >= 15 is 0 Å². The molecule has 0 aliphatic rings. The molecule has 0 bridgehead atoms. The molecule has 3 N–H and O–H groups in total. The molecule has 2 aromatic rings. The molecule has 1 atom stereocenters. The minimum absolute atomic E-state index is 0.0267. The largest absolute Gasteiger partial charge is 0.389 e. The van der Waals surface area contributed by atoms with Crippen molar-refractivity contribution in [3.63, 3.8) is 0 Å². The number of anilines is 1. The summed E-state index contributed by atoms with van der Waals surface area (Å²) in [5.74, 6) is -0.685. The van der Waals surface area contributed by atoms with Gasteiger partial charge in [0.25, 0.3) is 10.0 Å². The Kier molecular flexibility index (Phi) is 7.49. The normalized spacial score (nSPS) is 12.9. The number of rotatable bonds is 6. The van der Waals surface area contributed by atoms with Crippen molar-refractivity contribution in [2.75, 3.05) is 5.32 Å². The van der Waals surface area contributed by atoms with E-state index in [2.05, 4.69) is 5.32 Å². The Morgan fingerprint density at radius 3 is 2.00 bits per heavy atom. The van der Waals surface area contributed by atoms with Crippen LogP contribution in [0.2, 0.25) is 5.02 Å². The lowest BCUT2D eigenvalue weighted by Crippen LogP contribution is -2.35. The maximum Gasteiger partial charge on any atom is 0.333 e. The summed E-state index contributed by atoms with van der Waals surface area (Å²) in [6.45, 7) is 9.06. The van der Waals surface area contributed by atoms with E-state index < -0.39 is 28.0 Å². The second-order valence-electron chi connectivity index (χ2n) is 7.69. The molecule has 0 saturated heterocycles. The van der Waals surface area contributed by atoms with Crippen LogP contribution in [0.15, 0.2) is 35.2 Å². The highest BCUT2D eigenvalue weighted by Gasteiger charge is 2.23. The van der Waals surface area contributed by atoms with Gasteiger partial charge in [-0.1, -0.05) is 39.3 Å². The summed E-state index contributed by atoms with van der Waals surface area (Å²) in [6, 6.07) is 5.47. The van der Waals surface area contributed by atoms with E-state index in [0.717, 1.165) is 29.3 Å². The van der Waals surface area contributed by atoms with E-state index in [1.165, 1.54) is 6.92 Å². The Morgan fingerprint density at radius 2 is 1.53 bits per heavy atom. The third kappa shape index (κ3) is 5.50. The molecule has 30 heavy (non-hydrogen) atoms. The fraction of sp³-hybridized carbons (Fsp3) is 0.381. The molecular formula is C21H26ClFN2O4S. The number of sulfonamides is 1. The van der Waals surface area contributed by atoms with E-state index in [9.17, 15) is 22.7 Å². The lowest BCUT2D eigenvalue weighted by Gasteiger charge is -2.21. The summed E-state index contributed by atoms with van der Waals surface area (Å²) >= 11 is 6.21. The third-order valence-electron chi connectivity index (χ3n) is 4.60. The number of carbonyl (C=O) groups excluding carboxylic acids is 1. The molecule has 6 nitrogen and oxygen atoms in total. The fourth-order valence-electron chi connectivity index (χ4n) is 3.03. The van der Waals surface area contributed by atoms with Gasteiger partial charge < -0.3 is 10.4 Å². The topological polar surface area (TPSA) is 95.5 Å². The number of nitrogens with one attached hydrogen (secondary N) is 2. The van der Waals surface area contributed by atoms with E-state index in [-0.39, 0.29) is 22.3 Å². The monoisotopic (exact) mass is 456 g/mol. The molecule has 0 saturated carbocycles. The van der Waals surface area contributed by atoms with Crippen molar-refractivity contribution in [1.29, 1.82) is 0 Å². The molecule has 0 radical (unpaired) electrons. The average Bonchev–Trinajstić information content (AvgIpc) is 2.61. The average molecular weight is 457 g/mol. The Labute approximate surface area is 181 Å². The second kappa shape index (κ2) is 9.32. The Balaban J connectivity index is 2.37. The molecule has 0 spiro atoms. The van der Waals surface area contributed by atoms with Crippen LogP contribution in [-0.4, -0.2) is 19.6 Å². The molecule has 2 amide bonds. The van der Waals surface area contributed by atoms with Gasteiger partial charge in [-0.2, -0.15) is 0 Å². The number of halogens is 2. The Bertz CT molecular complexity index is 1020. The van der Waals surface area contributed by atoms with Crippen LogP contribution in [-0.2, 0) is 10.0 Å². The zero-order valence-corrected chi connectivity index (χ0v) is 19.0. The van der Waals surface area contributed by atoms with Crippen molar-refractivity contribution >= 4 is 33.3 Å². The van der Waals surface area contributed by atoms with Crippen LogP contribution in [0.25, 0.3) is 0 Å². The van der Waals surface area contributed by atoms with Gasteiger partial charge in [0.15, 0.2) is 0 Å². The molecule has 0 aromatic heterocycles. The number of urea groups is 1. The van der Waals surface area contributed by atoms with Crippen LogP contribution in [0.5, 0.6) is 0 Å². The molecule has 9 heteroatoms. The smallest absolute Gasteiger partial charge is 0.333 e. The Hall–Kier alpha value is -2.16. The highest BCUT2D eigenvalue weighted by molar-refractivity contribution is 7.90. The molecule has 0 aliphatic heterocycles. The molecular weight excluding hydrogens is 431 g/mol. The first kappa shape index (κ1) is 24.1. The Morgan fingerprint density at radius 1 is 1.00 bits per heavy atom. The number of amides is 2. The third-order valence-corrected chi connectivity index (χ3v) is 6.15. The standard InChI is InChI=1S/C21H26ClFN2O4S/c1-11(2)16-8-14(22)9-17(12(3)4)20(16)24-21(27)25-30(28,29)15-6-7-19(23)18(10-15)13(5)26/h6-13,26H,1-5H3,(H2,24,25,27). The van der Waals surface area contributed by atoms with E-state index in [4.69, 9.17) is 11.6 Å². The van der Waals surface area contributed by atoms with Gasteiger partial charge in [0.1, 0.15) is 5.82 Å². The van der Waals surface area contributed by atoms with Gasteiger partial charge in [-0.3, -0.25) is 0 Å². The SMILES string of the molecule is CC(C)c1cc(Cl)cc(C(C)C)c1NC(=O)NS(=O)(=O)c1ccc(F)c(C(C)O)c1. The summed E-state index contributed by atoms with van der Waals surface area (Å²) < 4.78 is 40.9. The molecule has 0 heterocycles. The number of hydrogen-bond acceptors (Lipinski definition) is 4. The van der Waals surface area contributed by atoms with Crippen molar-refractivity contribution in [3.8, 4) is 0 Å². The zero-order valence-electron chi connectivity index (χ0n) is 17.5. The van der Waals surface area contributed by atoms with Crippen molar-refractivity contribution in [1.82, 2.24) is 4.72 Å². The van der Waals surface area contributed by atoms with E-state index in [1.54, 1.807) is 12.1 Å². The zero-order chi connectivity index (χ0) is 22.8. The summed E-state index contributed by atoms with van der Waals surface area (Å²) in [4.78, 5) is 12.2. The molecule has 164 valence electrons. The number of hydrogen-bond donors (Lipinski definition) is 3. The lowest BCUT2D eigenvalue weighted by atomic mass is 9.92. The number of carbonyl (C=O) groups is 1. The fourth-order valence-corrected chi connectivity index (χ4v) is 4.21. The minimum atomic E-state index is -4.29. The van der Waals surface area contributed by atoms with Crippen LogP contribution in [0.3, 0.4) is 0 Å². The molecule has 1 unspecified atom stereocenters. The second-order valence-corrected chi connectivity index (χ2v) is 9.81. The maximum absolute atomic E-state index is 13.8. The van der Waals surface area contributed by atoms with Crippen LogP contribution < -0.4 is 10.0 Å². The van der Waals surface area contributed by atoms with Crippen LogP contribution in [0.4, 0.5) is 14.9 Å². The predicted molar refractivity (Wildman–Crippen MR) is 116 cm³/mol. The number of aliphatic hydroxyl groups excluding tert-OH is 1. The van der Waals surface area contributed by atoms with Crippen molar-refractivity contribution in [2.24, 2.45) is 0 Å². The van der Waals surface area contributed by atoms with Gasteiger partial charge in [0, 0.05) is 16.3 Å². The van der Waals surface area contributed by atoms with Gasteiger partial charge in [-0.15, -0.1) is 0 Å². The van der Waals surface area contributed by atoms with Gasteiger partial charge in [0.05, 0.1) is 11.0 Å². The van der Waals surface area contributed by atoms with Gasteiger partial charge in [-0.05, 0) is 60.2 Å². The first-order chi connectivity index (χ1) is 13.8. The van der Waals surface area contributed by atoms with E-state index in [1.807, 2.05) is 32.4 Å². The summed E-state index contributed by atoms with van der Waals surface area (Å²) in [5, 5.41) is 12.8. The first-order valence-electron chi connectivity index (χ1n) is 9.48. The molecule has 0 aliphatic carbocycles. The lowest BCUT2D eigenvalue weighted by molar-refractivity contribution is 0.194. The van der Waals surface area contributed by atoms with Gasteiger partial charge >= 0.3 is 6.03 Å². The number of benzene rings is 2. The molecule has 0 fully saturated rings. The summed E-state index contributed by atoms with van der Waals surface area (Å²) in [5.41, 5.74) is 1.87. The van der Waals surface area contributed by atoms with Crippen LogP contribution >= 0.6 is 11.6 Å². The maximum atomic E-state index is 13.8. The summed E-state index contributed by atoms with van der Waals surface area (Å²) in [6.07, 6.45) is -1.20. The predicted octanol–water partition coefficient (Wildman–Crippen LogP) is 5.29. The highest BCUT2D eigenvalue weighted by Crippen LogP contribution is 2.35.